The van der Waals surface area contributed by atoms with Crippen LogP contribution >= 0.6 is 23.2 Å². The summed E-state index contributed by atoms with van der Waals surface area (Å²) in [5.41, 5.74) is 4.18. The van der Waals surface area contributed by atoms with Crippen molar-refractivity contribution in [1.29, 1.82) is 0 Å². The van der Waals surface area contributed by atoms with Crippen LogP contribution < -0.4 is 4.74 Å². The molecule has 1 N–H and O–H groups in total. The fourth-order valence-electron chi connectivity index (χ4n) is 5.15. The second-order valence-corrected chi connectivity index (χ2v) is 12.0. The highest BCUT2D eigenvalue weighted by molar-refractivity contribution is 6.32. The highest BCUT2D eigenvalue weighted by Crippen LogP contribution is 2.54. The van der Waals surface area contributed by atoms with Gasteiger partial charge in [0.25, 0.3) is 0 Å². The Labute approximate surface area is 239 Å². The van der Waals surface area contributed by atoms with E-state index in [0.717, 1.165) is 22.3 Å². The molecular formula is C32H33Cl2FO4. The van der Waals surface area contributed by atoms with E-state index in [1.807, 2.05) is 43.3 Å². The topological polar surface area (TPSA) is 55.8 Å². The molecular weight excluding hydrogens is 538 g/mol. The molecule has 0 amide bonds. The van der Waals surface area contributed by atoms with E-state index in [2.05, 4.69) is 27.4 Å². The molecule has 3 aromatic carbocycles. The van der Waals surface area contributed by atoms with Crippen LogP contribution in [0.3, 0.4) is 0 Å². The third kappa shape index (κ3) is 6.66. The van der Waals surface area contributed by atoms with Gasteiger partial charge in [0.15, 0.2) is 6.61 Å². The number of hydrogen-bond acceptors (Lipinski definition) is 3. The molecule has 4 nitrogen and oxygen atoms in total. The average molecular weight is 572 g/mol. The Hall–Kier alpha value is -2.86. The molecule has 1 aliphatic rings. The van der Waals surface area contributed by atoms with Gasteiger partial charge < -0.3 is 14.6 Å². The van der Waals surface area contributed by atoms with E-state index in [9.17, 15) is 14.3 Å². The maximum atomic E-state index is 13.9. The van der Waals surface area contributed by atoms with Gasteiger partial charge in [-0.2, -0.15) is 0 Å². The Morgan fingerprint density at radius 3 is 2.23 bits per heavy atom. The first-order valence-electron chi connectivity index (χ1n) is 12.9. The van der Waals surface area contributed by atoms with Gasteiger partial charge in [0.05, 0.1) is 17.2 Å². The van der Waals surface area contributed by atoms with Crippen molar-refractivity contribution in [2.24, 2.45) is 5.92 Å². The van der Waals surface area contributed by atoms with Gasteiger partial charge in [-0.1, -0.05) is 80.4 Å². The molecule has 4 rings (SSSR count). The van der Waals surface area contributed by atoms with Crippen molar-refractivity contribution in [2.45, 2.75) is 57.7 Å². The van der Waals surface area contributed by atoms with Crippen LogP contribution in [0, 0.1) is 11.7 Å². The molecule has 0 spiro atoms. The Morgan fingerprint density at radius 2 is 1.67 bits per heavy atom. The molecule has 4 atom stereocenters. The van der Waals surface area contributed by atoms with Crippen molar-refractivity contribution >= 4 is 29.2 Å². The minimum absolute atomic E-state index is 0.0738. The molecule has 0 aromatic heterocycles. The lowest BCUT2D eigenvalue weighted by molar-refractivity contribution is -0.139. The largest absolute Gasteiger partial charge is 0.480 e. The van der Waals surface area contributed by atoms with Crippen molar-refractivity contribution in [1.82, 2.24) is 0 Å². The van der Waals surface area contributed by atoms with Gasteiger partial charge in [-0.3, -0.25) is 0 Å². The lowest BCUT2D eigenvalue weighted by Crippen LogP contribution is -2.32. The molecule has 1 fully saturated rings. The third-order valence-electron chi connectivity index (χ3n) is 7.25. The Kier molecular flexibility index (Phi) is 8.75. The van der Waals surface area contributed by atoms with Crippen LogP contribution in [-0.2, 0) is 14.9 Å². The highest BCUT2D eigenvalue weighted by atomic mass is 35.5. The van der Waals surface area contributed by atoms with Gasteiger partial charge in [-0.05, 0) is 71.8 Å². The summed E-state index contributed by atoms with van der Waals surface area (Å²) in [6, 6.07) is 17.8. The first-order chi connectivity index (χ1) is 18.3. The minimum Gasteiger partial charge on any atom is -0.480 e. The SMILES string of the molecule is C=C(C)[C@H]1C[C@H](c2ccc(Cl)cc2)[C@H](c2ccc(F)cc2)O[C@@H]1c1cc(C(C)(C)C)cc(Cl)c1OCC(=O)O. The third-order valence-corrected chi connectivity index (χ3v) is 7.78. The van der Waals surface area contributed by atoms with Crippen LogP contribution in [-0.4, -0.2) is 17.7 Å². The molecule has 1 saturated heterocycles. The van der Waals surface area contributed by atoms with E-state index in [1.165, 1.54) is 12.1 Å². The monoisotopic (exact) mass is 570 g/mol. The van der Waals surface area contributed by atoms with Crippen LogP contribution in [0.1, 0.15) is 74.5 Å². The van der Waals surface area contributed by atoms with E-state index < -0.39 is 24.8 Å². The summed E-state index contributed by atoms with van der Waals surface area (Å²) in [6.45, 7) is 11.9. The zero-order valence-corrected chi connectivity index (χ0v) is 24.0. The molecule has 0 saturated carbocycles. The summed E-state index contributed by atoms with van der Waals surface area (Å²) in [5, 5.41) is 10.3. The zero-order chi connectivity index (χ0) is 28.5. The van der Waals surface area contributed by atoms with Gasteiger partial charge in [0.2, 0.25) is 0 Å². The normalized spacial score (nSPS) is 21.4. The van der Waals surface area contributed by atoms with Crippen LogP contribution in [0.25, 0.3) is 0 Å². The predicted octanol–water partition coefficient (Wildman–Crippen LogP) is 9.07. The lowest BCUT2D eigenvalue weighted by Gasteiger charge is -2.43. The molecule has 1 heterocycles. The summed E-state index contributed by atoms with van der Waals surface area (Å²) < 4.78 is 26.6. The van der Waals surface area contributed by atoms with Crippen molar-refractivity contribution in [3.63, 3.8) is 0 Å². The number of carboxylic acids is 1. The van der Waals surface area contributed by atoms with Gasteiger partial charge in [0.1, 0.15) is 11.6 Å². The molecule has 39 heavy (non-hydrogen) atoms. The number of hydrogen-bond donors (Lipinski definition) is 1. The average Bonchev–Trinajstić information content (AvgIpc) is 2.87. The molecule has 0 unspecified atom stereocenters. The van der Waals surface area contributed by atoms with Gasteiger partial charge in [-0.15, -0.1) is 0 Å². The Morgan fingerprint density at radius 1 is 1.05 bits per heavy atom. The molecule has 3 aromatic rings. The molecule has 7 heteroatoms. The molecule has 1 aliphatic heterocycles. The molecule has 206 valence electrons. The van der Waals surface area contributed by atoms with Gasteiger partial charge in [-0.25, -0.2) is 9.18 Å². The fraction of sp³-hybridized carbons (Fsp3) is 0.344. The molecule has 0 bridgehead atoms. The second kappa shape index (κ2) is 11.7. The number of rotatable bonds is 7. The Bertz CT molecular complexity index is 1350. The van der Waals surface area contributed by atoms with E-state index in [-0.39, 0.29) is 28.8 Å². The van der Waals surface area contributed by atoms with Crippen LogP contribution in [0.2, 0.25) is 10.0 Å². The maximum Gasteiger partial charge on any atom is 0.341 e. The van der Waals surface area contributed by atoms with Crippen molar-refractivity contribution in [3.8, 4) is 5.75 Å². The maximum absolute atomic E-state index is 13.9. The highest BCUT2D eigenvalue weighted by Gasteiger charge is 2.42. The lowest BCUT2D eigenvalue weighted by atomic mass is 9.73. The standard InChI is InChI=1S/C32H33Cl2FO4/c1-18(2)24-16-25(19-6-10-22(33)11-7-19)29(20-8-12-23(35)13-9-20)39-30(24)26-14-21(32(3,4)5)15-27(34)31(26)38-17-28(36)37/h6-15,24-25,29-30H,1,16-17H2,2-5H3,(H,36,37)/t24-,25-,29+,30+/m1/s1. The number of aliphatic carboxylic acids is 1. The quantitative estimate of drug-likeness (QED) is 0.288. The van der Waals surface area contributed by atoms with E-state index in [1.54, 1.807) is 12.1 Å². The van der Waals surface area contributed by atoms with Gasteiger partial charge in [0, 0.05) is 22.4 Å². The van der Waals surface area contributed by atoms with Crippen LogP contribution in [0.4, 0.5) is 4.39 Å². The van der Waals surface area contributed by atoms with Crippen LogP contribution in [0.15, 0.2) is 72.8 Å². The summed E-state index contributed by atoms with van der Waals surface area (Å²) in [7, 11) is 0. The Balaban J connectivity index is 1.88. The van der Waals surface area contributed by atoms with E-state index in [0.29, 0.717) is 22.0 Å². The number of benzene rings is 3. The van der Waals surface area contributed by atoms with Crippen LogP contribution in [0.5, 0.6) is 5.75 Å². The fourth-order valence-corrected chi connectivity index (χ4v) is 5.55. The first-order valence-corrected chi connectivity index (χ1v) is 13.6. The number of carboxylic acid groups (broad SMARTS) is 1. The van der Waals surface area contributed by atoms with Crippen molar-refractivity contribution in [3.05, 3.63) is 111 Å². The minimum atomic E-state index is -1.11. The first kappa shape index (κ1) is 29.1. The summed E-state index contributed by atoms with van der Waals surface area (Å²) >= 11 is 12.9. The number of carbonyl (C=O) groups is 1. The molecule has 0 aliphatic carbocycles. The summed E-state index contributed by atoms with van der Waals surface area (Å²) in [5.74, 6) is -1.37. The second-order valence-electron chi connectivity index (χ2n) is 11.2. The van der Waals surface area contributed by atoms with Crippen molar-refractivity contribution in [2.75, 3.05) is 6.61 Å². The predicted molar refractivity (Wildman–Crippen MR) is 153 cm³/mol. The van der Waals surface area contributed by atoms with E-state index in [4.69, 9.17) is 32.7 Å². The number of halogens is 3. The molecule has 0 radical (unpaired) electrons. The zero-order valence-electron chi connectivity index (χ0n) is 22.5. The smallest absolute Gasteiger partial charge is 0.341 e. The van der Waals surface area contributed by atoms with E-state index >= 15 is 0 Å². The summed E-state index contributed by atoms with van der Waals surface area (Å²) in [4.78, 5) is 11.4. The number of ether oxygens (including phenoxy) is 2. The van der Waals surface area contributed by atoms with Gasteiger partial charge >= 0.3 is 5.97 Å². The van der Waals surface area contributed by atoms with Crippen molar-refractivity contribution < 1.29 is 23.8 Å². The summed E-state index contributed by atoms with van der Waals surface area (Å²) in [6.07, 6.45) is -0.291.